The van der Waals surface area contributed by atoms with Crippen molar-refractivity contribution in [3.05, 3.63) is 97.4 Å². The number of nitrogens with one attached hydrogen (secondary N) is 1. The van der Waals surface area contributed by atoms with Crippen LogP contribution < -0.4 is 10.1 Å². The standard InChI is InChI=1S/C22H17ClN4O4S/c1-14-2-4-19(5-3-14)31-20-8-17(7-18(9-20)27(29)30)25-22(28)21-6-15(13-32-21)11-26-12-16(23)10-24-26/h2-10,12-13H,11H2,1H3,(H,25,28). The number of aromatic nitrogens is 2. The van der Waals surface area contributed by atoms with Gasteiger partial charge in [0.05, 0.1) is 39.3 Å². The minimum absolute atomic E-state index is 0.188. The molecule has 1 amide bonds. The summed E-state index contributed by atoms with van der Waals surface area (Å²) in [7, 11) is 0. The number of aryl methyl sites for hydroxylation is 1. The van der Waals surface area contributed by atoms with Gasteiger partial charge in [0.15, 0.2) is 0 Å². The Morgan fingerprint density at radius 3 is 2.69 bits per heavy atom. The summed E-state index contributed by atoms with van der Waals surface area (Å²) in [6.45, 7) is 2.42. The molecule has 0 bridgehead atoms. The van der Waals surface area contributed by atoms with Crippen LogP contribution in [0.3, 0.4) is 0 Å². The van der Waals surface area contributed by atoms with E-state index in [1.165, 1.54) is 23.5 Å². The second-order valence-electron chi connectivity index (χ2n) is 7.02. The van der Waals surface area contributed by atoms with Crippen molar-refractivity contribution in [1.29, 1.82) is 0 Å². The number of halogens is 1. The maximum atomic E-state index is 12.7. The number of nitrogens with zero attached hydrogens (tertiary/aromatic N) is 3. The van der Waals surface area contributed by atoms with E-state index < -0.39 is 4.92 Å². The van der Waals surface area contributed by atoms with Gasteiger partial charge in [-0.3, -0.25) is 19.6 Å². The van der Waals surface area contributed by atoms with Crippen LogP contribution in [0, 0.1) is 17.0 Å². The lowest BCUT2D eigenvalue weighted by atomic mass is 10.2. The van der Waals surface area contributed by atoms with E-state index in [0.29, 0.717) is 22.2 Å². The molecule has 0 saturated heterocycles. The van der Waals surface area contributed by atoms with Gasteiger partial charge in [-0.05, 0) is 36.1 Å². The molecular formula is C22H17ClN4O4S. The molecule has 10 heteroatoms. The SMILES string of the molecule is Cc1ccc(Oc2cc(NC(=O)c3cc(Cn4cc(Cl)cn4)cs3)cc([N+](=O)[O-])c2)cc1. The van der Waals surface area contributed by atoms with Crippen molar-refractivity contribution in [2.45, 2.75) is 13.5 Å². The zero-order chi connectivity index (χ0) is 22.7. The molecule has 2 aromatic carbocycles. The fraction of sp³-hybridized carbons (Fsp3) is 0.0909. The van der Waals surface area contributed by atoms with Gasteiger partial charge in [-0.25, -0.2) is 0 Å². The normalized spacial score (nSPS) is 10.7. The van der Waals surface area contributed by atoms with Crippen LogP contribution in [0.5, 0.6) is 11.5 Å². The summed E-state index contributed by atoms with van der Waals surface area (Å²) in [4.78, 5) is 24.0. The highest BCUT2D eigenvalue weighted by Crippen LogP contribution is 2.30. The fourth-order valence-electron chi connectivity index (χ4n) is 2.94. The van der Waals surface area contributed by atoms with Crippen LogP contribution in [-0.4, -0.2) is 20.6 Å². The second-order valence-corrected chi connectivity index (χ2v) is 8.36. The Labute approximate surface area is 192 Å². The van der Waals surface area contributed by atoms with E-state index in [4.69, 9.17) is 16.3 Å². The summed E-state index contributed by atoms with van der Waals surface area (Å²) in [6.07, 6.45) is 3.23. The number of ether oxygens (including phenoxy) is 1. The van der Waals surface area contributed by atoms with Gasteiger partial charge in [0.1, 0.15) is 11.5 Å². The molecule has 0 saturated carbocycles. The smallest absolute Gasteiger partial charge is 0.275 e. The first-order valence-corrected chi connectivity index (χ1v) is 10.7. The Morgan fingerprint density at radius 1 is 1.22 bits per heavy atom. The van der Waals surface area contributed by atoms with Crippen molar-refractivity contribution in [2.75, 3.05) is 5.32 Å². The number of nitro groups is 1. The molecular weight excluding hydrogens is 452 g/mol. The lowest BCUT2D eigenvalue weighted by Gasteiger charge is -2.09. The minimum Gasteiger partial charge on any atom is -0.457 e. The van der Waals surface area contributed by atoms with Crippen LogP contribution in [0.1, 0.15) is 20.8 Å². The molecule has 0 spiro atoms. The fourth-order valence-corrected chi connectivity index (χ4v) is 3.90. The van der Waals surface area contributed by atoms with Crippen LogP contribution in [-0.2, 0) is 6.54 Å². The van der Waals surface area contributed by atoms with Gasteiger partial charge in [-0.1, -0.05) is 29.3 Å². The van der Waals surface area contributed by atoms with Crippen LogP contribution in [0.2, 0.25) is 5.02 Å². The molecule has 0 unspecified atom stereocenters. The highest BCUT2D eigenvalue weighted by atomic mass is 35.5. The van der Waals surface area contributed by atoms with E-state index in [-0.39, 0.29) is 23.0 Å². The van der Waals surface area contributed by atoms with Crippen molar-refractivity contribution in [2.24, 2.45) is 0 Å². The quantitative estimate of drug-likeness (QED) is 0.268. The van der Waals surface area contributed by atoms with Gasteiger partial charge < -0.3 is 10.1 Å². The first-order valence-electron chi connectivity index (χ1n) is 9.46. The van der Waals surface area contributed by atoms with Gasteiger partial charge >= 0.3 is 0 Å². The average Bonchev–Trinajstić information content (AvgIpc) is 3.39. The summed E-state index contributed by atoms with van der Waals surface area (Å²) in [5, 5.41) is 20.6. The Balaban J connectivity index is 1.51. The number of thiophene rings is 1. The molecule has 0 radical (unpaired) electrons. The highest BCUT2D eigenvalue weighted by Gasteiger charge is 2.15. The molecule has 1 N–H and O–H groups in total. The molecule has 0 fully saturated rings. The van der Waals surface area contributed by atoms with E-state index in [2.05, 4.69) is 10.4 Å². The zero-order valence-electron chi connectivity index (χ0n) is 16.8. The number of benzene rings is 2. The Hall–Kier alpha value is -3.69. The molecule has 0 aliphatic rings. The third-order valence-electron chi connectivity index (χ3n) is 4.44. The van der Waals surface area contributed by atoms with Gasteiger partial charge in [0, 0.05) is 18.3 Å². The molecule has 162 valence electrons. The van der Waals surface area contributed by atoms with E-state index in [9.17, 15) is 14.9 Å². The maximum Gasteiger partial charge on any atom is 0.275 e. The van der Waals surface area contributed by atoms with Gasteiger partial charge in [-0.15, -0.1) is 11.3 Å². The van der Waals surface area contributed by atoms with Crippen molar-refractivity contribution in [3.63, 3.8) is 0 Å². The number of non-ortho nitro benzene ring substituents is 1. The van der Waals surface area contributed by atoms with E-state index in [0.717, 1.165) is 11.1 Å². The average molecular weight is 469 g/mol. The van der Waals surface area contributed by atoms with Crippen LogP contribution in [0.4, 0.5) is 11.4 Å². The van der Waals surface area contributed by atoms with E-state index >= 15 is 0 Å². The third kappa shape index (κ3) is 5.32. The molecule has 4 aromatic rings. The van der Waals surface area contributed by atoms with Crippen molar-refractivity contribution < 1.29 is 14.5 Å². The Kier molecular flexibility index (Phi) is 6.20. The second kappa shape index (κ2) is 9.21. The van der Waals surface area contributed by atoms with E-state index in [1.54, 1.807) is 41.3 Å². The summed E-state index contributed by atoms with van der Waals surface area (Å²) < 4.78 is 7.42. The van der Waals surface area contributed by atoms with Crippen molar-refractivity contribution >= 4 is 40.2 Å². The van der Waals surface area contributed by atoms with Crippen molar-refractivity contribution in [3.8, 4) is 11.5 Å². The number of carbonyl (C=O) groups excluding carboxylic acids is 1. The number of rotatable bonds is 7. The summed E-state index contributed by atoms with van der Waals surface area (Å²) in [5.41, 5.74) is 2.03. The molecule has 8 nitrogen and oxygen atoms in total. The number of nitro benzene ring substituents is 1. The summed E-state index contributed by atoms with van der Waals surface area (Å²) in [5.74, 6) is 0.414. The molecule has 0 atom stereocenters. The molecule has 0 aliphatic heterocycles. The number of anilines is 1. The highest BCUT2D eigenvalue weighted by molar-refractivity contribution is 7.12. The topological polar surface area (TPSA) is 99.3 Å². The molecule has 0 aliphatic carbocycles. The number of carbonyl (C=O) groups is 1. The third-order valence-corrected chi connectivity index (χ3v) is 5.61. The molecule has 32 heavy (non-hydrogen) atoms. The van der Waals surface area contributed by atoms with Crippen LogP contribution >= 0.6 is 22.9 Å². The monoisotopic (exact) mass is 468 g/mol. The summed E-state index contributed by atoms with van der Waals surface area (Å²) in [6, 6.07) is 13.2. The van der Waals surface area contributed by atoms with Gasteiger partial charge in [0.25, 0.3) is 11.6 Å². The van der Waals surface area contributed by atoms with Gasteiger partial charge in [-0.2, -0.15) is 5.10 Å². The predicted molar refractivity (Wildman–Crippen MR) is 123 cm³/mol. The Bertz CT molecular complexity index is 1280. The molecule has 4 rings (SSSR count). The number of amides is 1. The van der Waals surface area contributed by atoms with E-state index in [1.807, 2.05) is 24.4 Å². The largest absolute Gasteiger partial charge is 0.457 e. The zero-order valence-corrected chi connectivity index (χ0v) is 18.4. The molecule has 2 aromatic heterocycles. The van der Waals surface area contributed by atoms with Crippen LogP contribution in [0.15, 0.2) is 66.3 Å². The predicted octanol–water partition coefficient (Wildman–Crippen LogP) is 5.91. The van der Waals surface area contributed by atoms with Gasteiger partial charge in [0.2, 0.25) is 0 Å². The first kappa shape index (κ1) is 21.5. The summed E-state index contributed by atoms with van der Waals surface area (Å²) >= 11 is 7.15. The number of hydrogen-bond donors (Lipinski definition) is 1. The maximum absolute atomic E-state index is 12.7. The molecule has 2 heterocycles. The lowest BCUT2D eigenvalue weighted by Crippen LogP contribution is -2.10. The lowest BCUT2D eigenvalue weighted by molar-refractivity contribution is -0.384. The minimum atomic E-state index is -0.532. The number of hydrogen-bond acceptors (Lipinski definition) is 6. The van der Waals surface area contributed by atoms with Crippen molar-refractivity contribution in [1.82, 2.24) is 9.78 Å². The Morgan fingerprint density at radius 2 is 2.00 bits per heavy atom. The first-order chi connectivity index (χ1) is 15.4. The van der Waals surface area contributed by atoms with Crippen LogP contribution in [0.25, 0.3) is 0 Å².